The molecule has 1 saturated carbocycles. The first-order chi connectivity index (χ1) is 9.87. The van der Waals surface area contributed by atoms with Gasteiger partial charge in [0.05, 0.1) is 6.54 Å². The lowest BCUT2D eigenvalue weighted by atomic mass is 10.1. The zero-order valence-corrected chi connectivity index (χ0v) is 12.9. The molecule has 2 rings (SSSR count). The number of carbonyl (C=O) groups excluding carboxylic acids is 2. The van der Waals surface area contributed by atoms with Crippen molar-refractivity contribution in [3.05, 3.63) is 29.3 Å². The summed E-state index contributed by atoms with van der Waals surface area (Å²) in [6.07, 6.45) is 2.04. The quantitative estimate of drug-likeness (QED) is 0.843. The van der Waals surface area contributed by atoms with Crippen molar-refractivity contribution in [2.45, 2.75) is 38.3 Å². The molecule has 2 amide bonds. The molecule has 0 spiro atoms. The Balaban J connectivity index is 1.83. The first-order valence-electron chi connectivity index (χ1n) is 6.89. The van der Waals surface area contributed by atoms with Crippen LogP contribution in [0.5, 0.6) is 5.75 Å². The Kier molecular flexibility index (Phi) is 4.73. The highest BCUT2D eigenvalue weighted by molar-refractivity contribution is 6.30. The molecule has 1 fully saturated rings. The SMILES string of the molecule is CC(C)(Oc1ccc(Cl)cc1)C(=O)NCC(=O)NC1CC1. The second kappa shape index (κ2) is 6.35. The fraction of sp³-hybridized carbons (Fsp3) is 0.467. The maximum absolute atomic E-state index is 12.1. The van der Waals surface area contributed by atoms with Crippen LogP contribution in [-0.4, -0.2) is 30.0 Å². The van der Waals surface area contributed by atoms with Gasteiger partial charge in [0.15, 0.2) is 5.60 Å². The van der Waals surface area contributed by atoms with Gasteiger partial charge in [0, 0.05) is 11.1 Å². The first-order valence-corrected chi connectivity index (χ1v) is 7.27. The molecule has 0 aromatic heterocycles. The molecule has 2 N–H and O–H groups in total. The molecule has 1 aromatic rings. The molecule has 0 aliphatic heterocycles. The van der Waals surface area contributed by atoms with E-state index in [1.807, 2.05) is 0 Å². The molecule has 1 aromatic carbocycles. The number of amides is 2. The van der Waals surface area contributed by atoms with Crippen LogP contribution in [0.25, 0.3) is 0 Å². The van der Waals surface area contributed by atoms with Crippen LogP contribution in [0.4, 0.5) is 0 Å². The van der Waals surface area contributed by atoms with E-state index in [0.717, 1.165) is 12.8 Å². The number of hydrogen-bond donors (Lipinski definition) is 2. The van der Waals surface area contributed by atoms with Gasteiger partial charge < -0.3 is 15.4 Å². The summed E-state index contributed by atoms with van der Waals surface area (Å²) in [7, 11) is 0. The highest BCUT2D eigenvalue weighted by atomic mass is 35.5. The number of benzene rings is 1. The Morgan fingerprint density at radius 3 is 2.48 bits per heavy atom. The third-order valence-electron chi connectivity index (χ3n) is 3.09. The maximum Gasteiger partial charge on any atom is 0.264 e. The summed E-state index contributed by atoms with van der Waals surface area (Å²) in [6, 6.07) is 7.05. The lowest BCUT2D eigenvalue weighted by molar-refractivity contribution is -0.136. The lowest BCUT2D eigenvalue weighted by Gasteiger charge is -2.25. The largest absolute Gasteiger partial charge is 0.478 e. The third-order valence-corrected chi connectivity index (χ3v) is 3.34. The Morgan fingerprint density at radius 2 is 1.90 bits per heavy atom. The zero-order chi connectivity index (χ0) is 15.5. The number of nitrogens with one attached hydrogen (secondary N) is 2. The molecular weight excluding hydrogens is 292 g/mol. The van der Waals surface area contributed by atoms with Crippen molar-refractivity contribution in [3.63, 3.8) is 0 Å². The predicted octanol–water partition coefficient (Wildman–Crippen LogP) is 1.89. The van der Waals surface area contributed by atoms with Gasteiger partial charge in [-0.05, 0) is 51.0 Å². The predicted molar refractivity (Wildman–Crippen MR) is 80.3 cm³/mol. The highest BCUT2D eigenvalue weighted by Gasteiger charge is 2.30. The van der Waals surface area contributed by atoms with Crippen LogP contribution in [0.2, 0.25) is 5.02 Å². The maximum atomic E-state index is 12.1. The van der Waals surface area contributed by atoms with Crippen molar-refractivity contribution in [3.8, 4) is 5.75 Å². The summed E-state index contributed by atoms with van der Waals surface area (Å²) in [5.41, 5.74) is -1.08. The van der Waals surface area contributed by atoms with Gasteiger partial charge in [0.1, 0.15) is 5.75 Å². The van der Waals surface area contributed by atoms with Gasteiger partial charge in [-0.15, -0.1) is 0 Å². The van der Waals surface area contributed by atoms with E-state index in [2.05, 4.69) is 10.6 Å². The molecule has 0 saturated heterocycles. The normalized spacial score (nSPS) is 14.4. The van der Waals surface area contributed by atoms with Gasteiger partial charge in [0.2, 0.25) is 5.91 Å². The summed E-state index contributed by atoms with van der Waals surface area (Å²) in [6.45, 7) is 3.26. The van der Waals surface area contributed by atoms with Crippen LogP contribution in [0, 0.1) is 0 Å². The summed E-state index contributed by atoms with van der Waals surface area (Å²) in [5, 5.41) is 5.99. The molecule has 0 radical (unpaired) electrons. The van der Waals surface area contributed by atoms with Crippen molar-refractivity contribution < 1.29 is 14.3 Å². The minimum atomic E-state index is -1.08. The Morgan fingerprint density at radius 1 is 1.29 bits per heavy atom. The summed E-state index contributed by atoms with van der Waals surface area (Å²) < 4.78 is 5.64. The summed E-state index contributed by atoms with van der Waals surface area (Å²) in [4.78, 5) is 23.6. The molecule has 1 aliphatic carbocycles. The standard InChI is InChI=1S/C15H19ClN2O3/c1-15(2,21-12-7-3-10(16)4-8-12)14(20)17-9-13(19)18-11-5-6-11/h3-4,7-8,11H,5-6,9H2,1-2H3,(H,17,20)(H,18,19). The van der Waals surface area contributed by atoms with Crippen molar-refractivity contribution in [2.75, 3.05) is 6.54 Å². The molecule has 0 heterocycles. The van der Waals surface area contributed by atoms with Gasteiger partial charge in [-0.1, -0.05) is 11.6 Å². The number of halogens is 1. The minimum absolute atomic E-state index is 0.0389. The average molecular weight is 311 g/mol. The lowest BCUT2D eigenvalue weighted by Crippen LogP contribution is -2.49. The van der Waals surface area contributed by atoms with Gasteiger partial charge >= 0.3 is 0 Å². The van der Waals surface area contributed by atoms with Gasteiger partial charge in [-0.2, -0.15) is 0 Å². The van der Waals surface area contributed by atoms with E-state index in [9.17, 15) is 9.59 Å². The molecular formula is C15H19ClN2O3. The Hall–Kier alpha value is -1.75. The van der Waals surface area contributed by atoms with Crippen molar-refractivity contribution in [1.29, 1.82) is 0 Å². The van der Waals surface area contributed by atoms with Crippen LogP contribution in [0.1, 0.15) is 26.7 Å². The summed E-state index contributed by atoms with van der Waals surface area (Å²) >= 11 is 5.80. The smallest absolute Gasteiger partial charge is 0.264 e. The monoisotopic (exact) mass is 310 g/mol. The zero-order valence-electron chi connectivity index (χ0n) is 12.1. The van der Waals surface area contributed by atoms with E-state index in [0.29, 0.717) is 10.8 Å². The fourth-order valence-electron chi connectivity index (χ4n) is 1.72. The summed E-state index contributed by atoms with van der Waals surface area (Å²) in [5.74, 6) is 0.0264. The van der Waals surface area contributed by atoms with Gasteiger partial charge in [-0.3, -0.25) is 9.59 Å². The van der Waals surface area contributed by atoms with Gasteiger partial charge in [0.25, 0.3) is 5.91 Å². The Bertz CT molecular complexity index is 524. The number of carbonyl (C=O) groups is 2. The Labute approximate surface area is 129 Å². The van der Waals surface area contributed by atoms with Crippen molar-refractivity contribution in [1.82, 2.24) is 10.6 Å². The van der Waals surface area contributed by atoms with E-state index in [4.69, 9.17) is 16.3 Å². The molecule has 0 atom stereocenters. The number of rotatable bonds is 6. The highest BCUT2D eigenvalue weighted by Crippen LogP contribution is 2.21. The molecule has 114 valence electrons. The van der Waals surface area contributed by atoms with E-state index in [1.54, 1.807) is 38.1 Å². The number of hydrogen-bond acceptors (Lipinski definition) is 3. The average Bonchev–Trinajstić information content (AvgIpc) is 3.22. The molecule has 5 nitrogen and oxygen atoms in total. The van der Waals surface area contributed by atoms with Gasteiger partial charge in [-0.25, -0.2) is 0 Å². The van der Waals surface area contributed by atoms with E-state index in [-0.39, 0.29) is 24.4 Å². The molecule has 6 heteroatoms. The fourth-order valence-corrected chi connectivity index (χ4v) is 1.85. The van der Waals surface area contributed by atoms with E-state index >= 15 is 0 Å². The molecule has 0 bridgehead atoms. The van der Waals surface area contributed by atoms with Crippen molar-refractivity contribution in [2.24, 2.45) is 0 Å². The topological polar surface area (TPSA) is 67.4 Å². The van der Waals surface area contributed by atoms with E-state index in [1.165, 1.54) is 0 Å². The van der Waals surface area contributed by atoms with Crippen LogP contribution in [-0.2, 0) is 9.59 Å². The van der Waals surface area contributed by atoms with E-state index < -0.39 is 5.60 Å². The molecule has 1 aliphatic rings. The van der Waals surface area contributed by atoms with Crippen LogP contribution in [0.3, 0.4) is 0 Å². The van der Waals surface area contributed by atoms with Crippen molar-refractivity contribution >= 4 is 23.4 Å². The number of ether oxygens (including phenoxy) is 1. The second-order valence-corrected chi connectivity index (χ2v) is 6.03. The third kappa shape index (κ3) is 4.93. The van der Waals surface area contributed by atoms with Crippen LogP contribution < -0.4 is 15.4 Å². The molecule has 21 heavy (non-hydrogen) atoms. The van der Waals surface area contributed by atoms with Crippen LogP contribution in [0.15, 0.2) is 24.3 Å². The minimum Gasteiger partial charge on any atom is -0.478 e. The van der Waals surface area contributed by atoms with Crippen LogP contribution >= 0.6 is 11.6 Å². The second-order valence-electron chi connectivity index (χ2n) is 5.59. The first kappa shape index (κ1) is 15.6. The molecule has 0 unspecified atom stereocenters.